The fourth-order valence-electron chi connectivity index (χ4n) is 6.08. The maximum atomic E-state index is 14.5. The number of rotatable bonds is 12. The molecular formula is C36H35FN6O4. The van der Waals surface area contributed by atoms with Gasteiger partial charge in [-0.2, -0.15) is 0 Å². The number of imidazole rings is 2. The van der Waals surface area contributed by atoms with E-state index in [0.717, 1.165) is 54.9 Å². The highest BCUT2D eigenvalue weighted by molar-refractivity contribution is 5.92. The Labute approximate surface area is 271 Å². The lowest BCUT2D eigenvalue weighted by Crippen LogP contribution is -2.43. The summed E-state index contributed by atoms with van der Waals surface area (Å²) in [5.41, 5.74) is 3.90. The number of aromatic nitrogens is 5. The van der Waals surface area contributed by atoms with Crippen LogP contribution in [0.5, 0.6) is 11.6 Å². The summed E-state index contributed by atoms with van der Waals surface area (Å²) in [6, 6.07) is 13.1. The molecule has 10 nitrogen and oxygen atoms in total. The molecule has 0 spiro atoms. The van der Waals surface area contributed by atoms with Crippen molar-refractivity contribution in [2.75, 3.05) is 6.54 Å². The van der Waals surface area contributed by atoms with Crippen molar-refractivity contribution in [2.24, 2.45) is 5.92 Å². The number of hydrogen-bond acceptors (Lipinski definition) is 7. The number of likely N-dealkylation sites (tertiary alicyclic amines) is 1. The number of carboxylic acids is 1. The highest BCUT2D eigenvalue weighted by atomic mass is 19.1. The van der Waals surface area contributed by atoms with Gasteiger partial charge in [0, 0.05) is 31.0 Å². The molecule has 4 heterocycles. The molecule has 2 aliphatic rings. The number of terminal acetylenes is 1. The molecule has 47 heavy (non-hydrogen) atoms. The Kier molecular flexibility index (Phi) is 8.59. The topological polar surface area (TPSA) is 108 Å². The van der Waals surface area contributed by atoms with Gasteiger partial charge in [-0.05, 0) is 86.6 Å². The molecule has 0 bridgehead atoms. The van der Waals surface area contributed by atoms with Crippen molar-refractivity contribution in [1.82, 2.24) is 29.0 Å². The van der Waals surface area contributed by atoms with E-state index in [1.54, 1.807) is 36.5 Å². The third kappa shape index (κ3) is 6.83. The van der Waals surface area contributed by atoms with Crippen molar-refractivity contribution in [1.29, 1.82) is 0 Å². The zero-order chi connectivity index (χ0) is 32.3. The van der Waals surface area contributed by atoms with Crippen LogP contribution in [0.3, 0.4) is 0 Å². The zero-order valence-corrected chi connectivity index (χ0v) is 25.9. The fraction of sp³-hybridized carbons (Fsp3) is 0.333. The van der Waals surface area contributed by atoms with Crippen molar-refractivity contribution in [3.63, 3.8) is 0 Å². The van der Waals surface area contributed by atoms with E-state index >= 15 is 0 Å². The van der Waals surface area contributed by atoms with Crippen LogP contribution >= 0.6 is 0 Å². The minimum atomic E-state index is -0.980. The van der Waals surface area contributed by atoms with Crippen LogP contribution in [0.4, 0.5) is 4.39 Å². The summed E-state index contributed by atoms with van der Waals surface area (Å²) in [6.45, 7) is 2.79. The van der Waals surface area contributed by atoms with E-state index in [1.165, 1.54) is 25.0 Å². The number of benzene rings is 2. The molecule has 1 atom stereocenters. The van der Waals surface area contributed by atoms with Gasteiger partial charge in [-0.25, -0.2) is 24.1 Å². The molecule has 0 amide bonds. The van der Waals surface area contributed by atoms with Crippen molar-refractivity contribution in [3.8, 4) is 24.0 Å². The van der Waals surface area contributed by atoms with Gasteiger partial charge in [0.15, 0.2) is 17.8 Å². The molecule has 7 rings (SSSR count). The molecule has 1 saturated heterocycles. The largest absolute Gasteiger partial charge is 0.486 e. The molecule has 0 radical (unpaired) electrons. The van der Waals surface area contributed by atoms with Crippen LogP contribution in [0.2, 0.25) is 0 Å². The van der Waals surface area contributed by atoms with Crippen LogP contribution in [-0.4, -0.2) is 52.8 Å². The maximum absolute atomic E-state index is 14.5. The van der Waals surface area contributed by atoms with Crippen LogP contribution in [0, 0.1) is 24.1 Å². The number of halogens is 1. The fourth-order valence-corrected chi connectivity index (χ4v) is 6.08. The highest BCUT2D eigenvalue weighted by Crippen LogP contribution is 2.32. The average molecular weight is 635 g/mol. The van der Waals surface area contributed by atoms with Crippen molar-refractivity contribution < 1.29 is 23.8 Å². The van der Waals surface area contributed by atoms with E-state index in [0.29, 0.717) is 36.0 Å². The van der Waals surface area contributed by atoms with E-state index in [2.05, 4.69) is 29.9 Å². The third-order valence-electron chi connectivity index (χ3n) is 8.82. The summed E-state index contributed by atoms with van der Waals surface area (Å²) in [5.74, 6) is 2.93. The minimum Gasteiger partial charge on any atom is -0.486 e. The zero-order valence-electron chi connectivity index (χ0n) is 25.9. The van der Waals surface area contributed by atoms with Crippen LogP contribution < -0.4 is 9.47 Å². The summed E-state index contributed by atoms with van der Waals surface area (Å²) in [5, 5.41) is 9.74. The summed E-state index contributed by atoms with van der Waals surface area (Å²) < 4.78 is 31.2. The van der Waals surface area contributed by atoms with Gasteiger partial charge in [-0.3, -0.25) is 4.90 Å². The number of nitrogens with zero attached hydrogens (tertiary/aromatic N) is 6. The van der Waals surface area contributed by atoms with Gasteiger partial charge < -0.3 is 23.7 Å². The Morgan fingerprint density at radius 1 is 1.11 bits per heavy atom. The average Bonchev–Trinajstić information content (AvgIpc) is 3.69. The van der Waals surface area contributed by atoms with Crippen LogP contribution in [0.15, 0.2) is 67.3 Å². The number of carboxylic acid groups (broad SMARTS) is 1. The van der Waals surface area contributed by atoms with E-state index in [4.69, 9.17) is 20.9 Å². The first kappa shape index (κ1) is 30.4. The van der Waals surface area contributed by atoms with Gasteiger partial charge in [0.05, 0.1) is 47.3 Å². The van der Waals surface area contributed by atoms with Crippen LogP contribution in [0.1, 0.15) is 65.1 Å². The van der Waals surface area contributed by atoms with Gasteiger partial charge in [-0.1, -0.05) is 5.92 Å². The number of pyridine rings is 1. The van der Waals surface area contributed by atoms with Gasteiger partial charge in [0.1, 0.15) is 12.4 Å². The first-order chi connectivity index (χ1) is 22.9. The van der Waals surface area contributed by atoms with Gasteiger partial charge in [0.25, 0.3) is 0 Å². The maximum Gasteiger partial charge on any atom is 0.335 e. The molecule has 1 N–H and O–H groups in total. The lowest BCUT2D eigenvalue weighted by Gasteiger charge is -2.35. The Morgan fingerprint density at radius 3 is 2.81 bits per heavy atom. The number of carbonyl (C=O) groups is 1. The summed E-state index contributed by atoms with van der Waals surface area (Å²) in [7, 11) is 0. The lowest BCUT2D eigenvalue weighted by atomic mass is 10.1. The molecule has 1 aliphatic heterocycles. The minimum absolute atomic E-state index is 0.0679. The first-order valence-corrected chi connectivity index (χ1v) is 15.9. The second-order valence-electron chi connectivity index (χ2n) is 12.2. The first-order valence-electron chi connectivity index (χ1n) is 15.9. The molecule has 2 aromatic carbocycles. The Hall–Kier alpha value is -5.21. The molecule has 240 valence electrons. The number of hydrogen-bond donors (Lipinski definition) is 1. The molecule has 1 aliphatic carbocycles. The van der Waals surface area contributed by atoms with E-state index in [9.17, 15) is 14.3 Å². The van der Waals surface area contributed by atoms with Crippen LogP contribution in [-0.2, 0) is 26.2 Å². The van der Waals surface area contributed by atoms with Crippen molar-refractivity contribution in [2.45, 2.75) is 64.6 Å². The number of piperidine rings is 1. The Morgan fingerprint density at radius 2 is 2.00 bits per heavy atom. The SMILES string of the molecule is C#Cc1ccc(OCc2cccnc2OC2CCCCN2Cc2nc3ccc(C(=O)O)cc3n2Cc2cncn2CC2CC2)c(F)c1. The lowest BCUT2D eigenvalue weighted by molar-refractivity contribution is -0.0155. The molecular weight excluding hydrogens is 599 g/mol. The number of aromatic carboxylic acids is 1. The molecule has 5 aromatic rings. The predicted molar refractivity (Wildman–Crippen MR) is 172 cm³/mol. The molecule has 11 heteroatoms. The molecule has 3 aromatic heterocycles. The van der Waals surface area contributed by atoms with Crippen molar-refractivity contribution >= 4 is 17.0 Å². The normalized spacial score (nSPS) is 16.6. The summed E-state index contributed by atoms with van der Waals surface area (Å²) >= 11 is 0. The Balaban J connectivity index is 1.14. The second-order valence-corrected chi connectivity index (χ2v) is 12.2. The number of ether oxygens (including phenoxy) is 2. The standard InChI is InChI=1S/C36H35FN6O4/c1-2-24-10-13-32(29(37)16-24)46-22-27-6-5-14-39-35(27)47-34-7-3-4-15-41(34)21-33-40-30-12-11-26(36(44)45)17-31(30)43(33)20-28-18-38-23-42(28)19-25-8-9-25/h1,5-6,10-14,16-18,23,25,34H,3-4,7-9,15,19-22H2,(H,44,45). The van der Waals surface area contributed by atoms with Crippen LogP contribution in [0.25, 0.3) is 11.0 Å². The highest BCUT2D eigenvalue weighted by Gasteiger charge is 2.28. The second kappa shape index (κ2) is 13.3. The Bertz CT molecular complexity index is 1960. The third-order valence-corrected chi connectivity index (χ3v) is 8.82. The number of fused-ring (bicyclic) bond motifs is 1. The van der Waals surface area contributed by atoms with Crippen molar-refractivity contribution in [3.05, 3.63) is 101 Å². The predicted octanol–water partition coefficient (Wildman–Crippen LogP) is 5.87. The quantitative estimate of drug-likeness (QED) is 0.170. The smallest absolute Gasteiger partial charge is 0.335 e. The van der Waals surface area contributed by atoms with E-state index < -0.39 is 11.8 Å². The molecule has 1 unspecified atom stereocenters. The summed E-state index contributed by atoms with van der Waals surface area (Å²) in [6.07, 6.45) is 15.8. The van der Waals surface area contributed by atoms with E-state index in [-0.39, 0.29) is 24.1 Å². The molecule has 2 fully saturated rings. The van der Waals surface area contributed by atoms with Gasteiger partial charge in [-0.15, -0.1) is 6.42 Å². The monoisotopic (exact) mass is 634 g/mol. The van der Waals surface area contributed by atoms with Gasteiger partial charge >= 0.3 is 5.97 Å². The molecule has 1 saturated carbocycles. The van der Waals surface area contributed by atoms with E-state index in [1.807, 2.05) is 18.6 Å². The van der Waals surface area contributed by atoms with Gasteiger partial charge in [0.2, 0.25) is 5.88 Å². The summed E-state index contributed by atoms with van der Waals surface area (Å²) in [4.78, 5) is 28.1.